The van der Waals surface area contributed by atoms with Crippen LogP contribution in [0.2, 0.25) is 0 Å². The molecule has 2 N–H and O–H groups in total. The molecule has 3 aromatic heterocycles. The molecule has 1 atom stereocenters. The molecular formula is C21H18F2N4O2S. The molecule has 0 aliphatic carbocycles. The summed E-state index contributed by atoms with van der Waals surface area (Å²) < 4.78 is 28.2. The lowest BCUT2D eigenvalue weighted by Crippen LogP contribution is -2.28. The van der Waals surface area contributed by atoms with E-state index in [9.17, 15) is 18.7 Å². The third-order valence-electron chi connectivity index (χ3n) is 4.65. The van der Waals surface area contributed by atoms with Crippen LogP contribution in [-0.2, 0) is 6.54 Å². The molecule has 3 heterocycles. The Bertz CT molecular complexity index is 1210. The van der Waals surface area contributed by atoms with Crippen LogP contribution >= 0.6 is 11.3 Å². The number of pyridine rings is 1. The van der Waals surface area contributed by atoms with Crippen LogP contribution in [-0.4, -0.2) is 32.3 Å². The van der Waals surface area contributed by atoms with E-state index in [1.165, 1.54) is 6.07 Å². The minimum absolute atomic E-state index is 0.157. The van der Waals surface area contributed by atoms with E-state index in [4.69, 9.17) is 0 Å². The number of aliphatic hydroxyl groups excluding tert-OH is 1. The maximum absolute atomic E-state index is 13.4. The largest absolute Gasteiger partial charge is 0.387 e. The second-order valence-electron chi connectivity index (χ2n) is 6.83. The zero-order valence-electron chi connectivity index (χ0n) is 16.0. The van der Waals surface area contributed by atoms with Crippen LogP contribution in [0.5, 0.6) is 0 Å². The summed E-state index contributed by atoms with van der Waals surface area (Å²) in [7, 11) is 0. The molecule has 1 amide bonds. The summed E-state index contributed by atoms with van der Waals surface area (Å²) in [5.74, 6) is -2.46. The summed E-state index contributed by atoms with van der Waals surface area (Å²) in [5.41, 5.74) is 1.80. The normalized spacial score (nSPS) is 12.3. The third-order valence-corrected chi connectivity index (χ3v) is 5.51. The Kier molecular flexibility index (Phi) is 5.56. The van der Waals surface area contributed by atoms with Gasteiger partial charge >= 0.3 is 0 Å². The number of halogens is 2. The maximum atomic E-state index is 13.4. The molecule has 0 spiro atoms. The van der Waals surface area contributed by atoms with Crippen molar-refractivity contribution in [2.45, 2.75) is 19.6 Å². The average Bonchev–Trinajstić information content (AvgIpc) is 3.38. The van der Waals surface area contributed by atoms with Crippen LogP contribution in [0.3, 0.4) is 0 Å². The lowest BCUT2D eigenvalue weighted by molar-refractivity contribution is 0.0917. The topological polar surface area (TPSA) is 80.0 Å². The van der Waals surface area contributed by atoms with Crippen LogP contribution in [0.15, 0.2) is 48.0 Å². The number of hydrogen-bond donors (Lipinski definition) is 2. The predicted octanol–water partition coefficient (Wildman–Crippen LogP) is 3.59. The number of carbonyl (C=O) groups excluding carboxylic acids is 1. The van der Waals surface area contributed by atoms with E-state index < -0.39 is 23.6 Å². The van der Waals surface area contributed by atoms with E-state index in [0.29, 0.717) is 28.8 Å². The van der Waals surface area contributed by atoms with Gasteiger partial charge in [-0.2, -0.15) is 5.10 Å². The Morgan fingerprint density at radius 3 is 2.83 bits per heavy atom. The summed E-state index contributed by atoms with van der Waals surface area (Å²) in [5, 5.41) is 19.8. The molecule has 0 aliphatic heterocycles. The standard InChI is InChI=1S/C21H18F2N4O2S/c1-12-7-15(16-9-25-27(20(16)26-12)11-14-3-2-6-30-14)21(29)24-10-19(28)13-4-5-17(22)18(23)8-13/h2-9,19,28H,10-11H2,1H3,(H,24,29). The number of nitrogens with zero attached hydrogens (tertiary/aromatic N) is 3. The highest BCUT2D eigenvalue weighted by Crippen LogP contribution is 2.21. The summed E-state index contributed by atoms with van der Waals surface area (Å²) in [6, 6.07) is 8.74. The van der Waals surface area contributed by atoms with Gasteiger partial charge in [0.1, 0.15) is 0 Å². The van der Waals surface area contributed by atoms with Crippen LogP contribution in [0, 0.1) is 18.6 Å². The van der Waals surface area contributed by atoms with Crippen LogP contribution in [0.4, 0.5) is 8.78 Å². The molecule has 4 aromatic rings. The van der Waals surface area contributed by atoms with Crippen molar-refractivity contribution in [2.24, 2.45) is 0 Å². The number of rotatable bonds is 6. The highest BCUT2D eigenvalue weighted by Gasteiger charge is 2.18. The number of aromatic nitrogens is 3. The lowest BCUT2D eigenvalue weighted by Gasteiger charge is -2.13. The molecule has 6 nitrogen and oxygen atoms in total. The Morgan fingerprint density at radius 1 is 1.27 bits per heavy atom. The van der Waals surface area contributed by atoms with E-state index in [1.54, 1.807) is 35.2 Å². The fourth-order valence-corrected chi connectivity index (χ4v) is 3.83. The smallest absolute Gasteiger partial charge is 0.252 e. The molecular weight excluding hydrogens is 410 g/mol. The Labute approximate surface area is 174 Å². The minimum atomic E-state index is -1.18. The van der Waals surface area contributed by atoms with E-state index >= 15 is 0 Å². The van der Waals surface area contributed by atoms with Gasteiger partial charge in [-0.1, -0.05) is 12.1 Å². The molecule has 9 heteroatoms. The zero-order valence-corrected chi connectivity index (χ0v) is 16.8. The van der Waals surface area contributed by atoms with Gasteiger partial charge in [-0.3, -0.25) is 4.79 Å². The van der Waals surface area contributed by atoms with Crippen molar-refractivity contribution in [3.05, 3.63) is 81.3 Å². The number of aryl methyl sites for hydroxylation is 1. The number of benzene rings is 1. The summed E-state index contributed by atoms with van der Waals surface area (Å²) in [6.45, 7) is 2.18. The molecule has 0 bridgehead atoms. The van der Waals surface area contributed by atoms with Crippen molar-refractivity contribution >= 4 is 28.3 Å². The van der Waals surface area contributed by atoms with Gasteiger partial charge in [0, 0.05) is 17.1 Å². The molecule has 0 fully saturated rings. The monoisotopic (exact) mass is 428 g/mol. The van der Waals surface area contributed by atoms with Gasteiger partial charge in [0.15, 0.2) is 17.3 Å². The Balaban J connectivity index is 1.54. The van der Waals surface area contributed by atoms with Crippen molar-refractivity contribution in [1.29, 1.82) is 0 Å². The van der Waals surface area contributed by atoms with E-state index in [0.717, 1.165) is 17.0 Å². The minimum Gasteiger partial charge on any atom is -0.387 e. The van der Waals surface area contributed by atoms with Gasteiger partial charge in [0.25, 0.3) is 5.91 Å². The quantitative estimate of drug-likeness (QED) is 0.492. The van der Waals surface area contributed by atoms with Gasteiger partial charge < -0.3 is 10.4 Å². The summed E-state index contributed by atoms with van der Waals surface area (Å²) in [4.78, 5) is 18.4. The molecule has 0 aliphatic rings. The number of carbonyl (C=O) groups is 1. The second-order valence-corrected chi connectivity index (χ2v) is 7.86. The van der Waals surface area contributed by atoms with Crippen molar-refractivity contribution < 1.29 is 18.7 Å². The molecule has 30 heavy (non-hydrogen) atoms. The van der Waals surface area contributed by atoms with Gasteiger partial charge in [-0.25, -0.2) is 18.4 Å². The van der Waals surface area contributed by atoms with Crippen molar-refractivity contribution in [3.63, 3.8) is 0 Å². The second kappa shape index (κ2) is 8.29. The van der Waals surface area contributed by atoms with Gasteiger partial charge in [-0.05, 0) is 42.1 Å². The van der Waals surface area contributed by atoms with E-state index in [1.807, 2.05) is 17.5 Å². The molecule has 1 unspecified atom stereocenters. The third kappa shape index (κ3) is 4.07. The number of thiophene rings is 1. The highest BCUT2D eigenvalue weighted by atomic mass is 32.1. The number of amides is 1. The number of fused-ring (bicyclic) bond motifs is 1. The molecule has 4 rings (SSSR count). The predicted molar refractivity (Wildman–Crippen MR) is 109 cm³/mol. The van der Waals surface area contributed by atoms with Gasteiger partial charge in [-0.15, -0.1) is 11.3 Å². The van der Waals surface area contributed by atoms with E-state index in [-0.39, 0.29) is 12.1 Å². The fourth-order valence-electron chi connectivity index (χ4n) is 3.15. The van der Waals surface area contributed by atoms with Crippen LogP contribution in [0.25, 0.3) is 11.0 Å². The van der Waals surface area contributed by atoms with Crippen molar-refractivity contribution in [1.82, 2.24) is 20.1 Å². The first-order valence-corrected chi connectivity index (χ1v) is 10.1. The first-order valence-electron chi connectivity index (χ1n) is 9.19. The van der Waals surface area contributed by atoms with Gasteiger partial charge in [0.2, 0.25) is 0 Å². The fraction of sp³-hybridized carbons (Fsp3) is 0.190. The van der Waals surface area contributed by atoms with E-state index in [2.05, 4.69) is 15.4 Å². The first kappa shape index (κ1) is 20.1. The number of aliphatic hydroxyl groups is 1. The molecule has 0 saturated heterocycles. The summed E-state index contributed by atoms with van der Waals surface area (Å²) >= 11 is 1.61. The molecule has 154 valence electrons. The zero-order chi connectivity index (χ0) is 21.3. The van der Waals surface area contributed by atoms with Crippen LogP contribution in [0.1, 0.15) is 32.6 Å². The molecule has 0 radical (unpaired) electrons. The van der Waals surface area contributed by atoms with Crippen molar-refractivity contribution in [2.75, 3.05) is 6.54 Å². The highest BCUT2D eigenvalue weighted by molar-refractivity contribution is 7.09. The molecule has 1 aromatic carbocycles. The van der Waals surface area contributed by atoms with Crippen molar-refractivity contribution in [3.8, 4) is 0 Å². The number of nitrogens with one attached hydrogen (secondary N) is 1. The Morgan fingerprint density at radius 2 is 2.10 bits per heavy atom. The lowest BCUT2D eigenvalue weighted by atomic mass is 10.1. The van der Waals surface area contributed by atoms with Crippen LogP contribution < -0.4 is 5.32 Å². The number of hydrogen-bond acceptors (Lipinski definition) is 5. The Hall–Kier alpha value is -3.17. The SMILES string of the molecule is Cc1cc(C(=O)NCC(O)c2ccc(F)c(F)c2)c2cnn(Cc3cccs3)c2n1. The van der Waals surface area contributed by atoms with Gasteiger partial charge in [0.05, 0.1) is 29.8 Å². The maximum Gasteiger partial charge on any atom is 0.252 e. The molecule has 0 saturated carbocycles. The summed E-state index contributed by atoms with van der Waals surface area (Å²) in [6.07, 6.45) is 0.416. The average molecular weight is 428 g/mol. The first-order chi connectivity index (χ1) is 14.4.